The highest BCUT2D eigenvalue weighted by Crippen LogP contribution is 2.46. The van der Waals surface area contributed by atoms with Crippen LogP contribution in [0.1, 0.15) is 31.2 Å². The molecule has 4 heteroatoms. The van der Waals surface area contributed by atoms with Crippen LogP contribution in [0.2, 0.25) is 0 Å². The first kappa shape index (κ1) is 13.1. The Bertz CT molecular complexity index is 562. The van der Waals surface area contributed by atoms with Gasteiger partial charge < -0.3 is 4.90 Å². The van der Waals surface area contributed by atoms with E-state index in [2.05, 4.69) is 12.1 Å². The van der Waals surface area contributed by atoms with Crippen LogP contribution < -0.4 is 4.90 Å². The van der Waals surface area contributed by atoms with Gasteiger partial charge in [0.2, 0.25) is 5.91 Å². The number of hydrogen-bond acceptors (Lipinski definition) is 3. The Kier molecular flexibility index (Phi) is 3.53. The minimum Gasteiger partial charge on any atom is -0.314 e. The summed E-state index contributed by atoms with van der Waals surface area (Å²) in [6.07, 6.45) is 1.59. The lowest BCUT2D eigenvalue weighted by molar-refractivity contribution is -0.123. The van der Waals surface area contributed by atoms with E-state index in [-0.39, 0.29) is 5.91 Å². The van der Waals surface area contributed by atoms with E-state index in [1.165, 1.54) is 0 Å². The molecule has 1 heterocycles. The Labute approximate surface area is 112 Å². The molecule has 0 spiro atoms. The lowest BCUT2D eigenvalue weighted by Crippen LogP contribution is -2.38. The number of carbonyl (C=O) groups excluding carboxylic acids is 1. The standard InChI is InChI=1S/C15H15N3O/c1-18-13-7-3-2-6-12(13)15(14(18)19,8-4-10-16)9-5-11-17/h2-3,6-7H,4-5,8-9H2,1H3. The van der Waals surface area contributed by atoms with Crippen LogP contribution >= 0.6 is 0 Å². The SMILES string of the molecule is CN1C(=O)C(CCC#N)(CCC#N)c2ccccc21. The van der Waals surface area contributed by atoms with Crippen molar-refractivity contribution in [1.82, 2.24) is 0 Å². The van der Waals surface area contributed by atoms with E-state index in [1.54, 1.807) is 11.9 Å². The van der Waals surface area contributed by atoms with Gasteiger partial charge in [0.25, 0.3) is 0 Å². The first-order chi connectivity index (χ1) is 9.17. The Morgan fingerprint density at radius 2 is 1.74 bits per heavy atom. The molecular formula is C15H15N3O. The van der Waals surface area contributed by atoms with E-state index in [0.29, 0.717) is 25.7 Å². The van der Waals surface area contributed by atoms with E-state index < -0.39 is 5.41 Å². The molecule has 19 heavy (non-hydrogen) atoms. The highest BCUT2D eigenvalue weighted by molar-refractivity contribution is 6.07. The molecule has 1 amide bonds. The number of para-hydroxylation sites is 1. The summed E-state index contributed by atoms with van der Waals surface area (Å²) in [4.78, 5) is 14.2. The van der Waals surface area contributed by atoms with Crippen LogP contribution in [-0.2, 0) is 10.2 Å². The average Bonchev–Trinajstić information content (AvgIpc) is 2.66. The monoisotopic (exact) mass is 253 g/mol. The third-order valence-electron chi connectivity index (χ3n) is 3.82. The van der Waals surface area contributed by atoms with Gasteiger partial charge in [-0.25, -0.2) is 0 Å². The number of amides is 1. The highest BCUT2D eigenvalue weighted by atomic mass is 16.2. The molecule has 0 saturated carbocycles. The number of benzene rings is 1. The number of fused-ring (bicyclic) bond motifs is 1. The van der Waals surface area contributed by atoms with Crippen molar-refractivity contribution in [2.75, 3.05) is 11.9 Å². The number of carbonyl (C=O) groups is 1. The molecule has 1 aromatic rings. The zero-order chi connectivity index (χ0) is 13.9. The molecule has 0 atom stereocenters. The molecule has 1 aromatic carbocycles. The zero-order valence-corrected chi connectivity index (χ0v) is 10.9. The molecule has 0 N–H and O–H groups in total. The molecule has 0 bridgehead atoms. The second-order valence-electron chi connectivity index (χ2n) is 4.78. The van der Waals surface area contributed by atoms with Crippen molar-refractivity contribution in [2.24, 2.45) is 0 Å². The van der Waals surface area contributed by atoms with Crippen LogP contribution in [0.15, 0.2) is 24.3 Å². The zero-order valence-electron chi connectivity index (χ0n) is 10.9. The van der Waals surface area contributed by atoms with Crippen LogP contribution in [0.5, 0.6) is 0 Å². The van der Waals surface area contributed by atoms with Gasteiger partial charge in [0.05, 0.1) is 17.6 Å². The molecule has 0 fully saturated rings. The van der Waals surface area contributed by atoms with Gasteiger partial charge in [-0.2, -0.15) is 10.5 Å². The quantitative estimate of drug-likeness (QED) is 0.827. The Morgan fingerprint density at radius 1 is 1.16 bits per heavy atom. The van der Waals surface area contributed by atoms with Crippen molar-refractivity contribution in [3.63, 3.8) is 0 Å². The molecule has 0 aromatic heterocycles. The molecular weight excluding hydrogens is 238 g/mol. The van der Waals surface area contributed by atoms with Gasteiger partial charge in [-0.3, -0.25) is 4.79 Å². The summed E-state index contributed by atoms with van der Waals surface area (Å²) in [5, 5.41) is 17.7. The highest BCUT2D eigenvalue weighted by Gasteiger charge is 2.48. The molecule has 96 valence electrons. The van der Waals surface area contributed by atoms with Crippen molar-refractivity contribution in [1.29, 1.82) is 10.5 Å². The number of rotatable bonds is 4. The number of anilines is 1. The third-order valence-corrected chi connectivity index (χ3v) is 3.82. The predicted molar refractivity (Wildman–Crippen MR) is 71.2 cm³/mol. The first-order valence-electron chi connectivity index (χ1n) is 6.29. The number of nitrogens with zero attached hydrogens (tertiary/aromatic N) is 3. The summed E-state index contributed by atoms with van der Waals surface area (Å²) in [5.74, 6) is -0.000741. The van der Waals surface area contributed by atoms with Crippen LogP contribution in [0.25, 0.3) is 0 Å². The van der Waals surface area contributed by atoms with Gasteiger partial charge in [-0.15, -0.1) is 0 Å². The summed E-state index contributed by atoms with van der Waals surface area (Å²) in [7, 11) is 1.75. The molecule has 0 saturated heterocycles. The van der Waals surface area contributed by atoms with E-state index >= 15 is 0 Å². The Balaban J connectivity index is 2.50. The minimum atomic E-state index is -0.698. The van der Waals surface area contributed by atoms with Crippen LogP contribution in [0.3, 0.4) is 0 Å². The third kappa shape index (κ3) is 1.96. The summed E-state index contributed by atoms with van der Waals surface area (Å²) in [5.41, 5.74) is 1.15. The van der Waals surface area contributed by atoms with Crippen LogP contribution in [0.4, 0.5) is 5.69 Å². The molecule has 4 nitrogen and oxygen atoms in total. The topological polar surface area (TPSA) is 67.9 Å². The van der Waals surface area contributed by atoms with Crippen molar-refractivity contribution < 1.29 is 4.79 Å². The summed E-state index contributed by atoms with van der Waals surface area (Å²) >= 11 is 0. The normalized spacial score (nSPS) is 15.7. The van der Waals surface area contributed by atoms with E-state index in [4.69, 9.17) is 10.5 Å². The van der Waals surface area contributed by atoms with Crippen LogP contribution in [-0.4, -0.2) is 13.0 Å². The molecule has 0 aliphatic carbocycles. The van der Waals surface area contributed by atoms with Gasteiger partial charge in [0, 0.05) is 25.6 Å². The minimum absolute atomic E-state index is 0.000741. The van der Waals surface area contributed by atoms with Gasteiger partial charge in [-0.1, -0.05) is 18.2 Å². The van der Waals surface area contributed by atoms with Gasteiger partial charge in [-0.05, 0) is 24.5 Å². The van der Waals surface area contributed by atoms with Crippen molar-refractivity contribution >= 4 is 11.6 Å². The summed E-state index contributed by atoms with van der Waals surface area (Å²) in [6, 6.07) is 11.9. The van der Waals surface area contributed by atoms with Crippen molar-refractivity contribution in [3.05, 3.63) is 29.8 Å². The maximum absolute atomic E-state index is 12.6. The van der Waals surface area contributed by atoms with E-state index in [9.17, 15) is 4.79 Å². The maximum Gasteiger partial charge on any atom is 0.237 e. The van der Waals surface area contributed by atoms with Crippen molar-refractivity contribution in [2.45, 2.75) is 31.1 Å². The Morgan fingerprint density at radius 3 is 2.32 bits per heavy atom. The lowest BCUT2D eigenvalue weighted by Gasteiger charge is -2.26. The number of hydrogen-bond donors (Lipinski definition) is 0. The predicted octanol–water partition coefficient (Wildman–Crippen LogP) is 2.51. The summed E-state index contributed by atoms with van der Waals surface area (Å²) in [6.45, 7) is 0. The maximum atomic E-state index is 12.6. The first-order valence-corrected chi connectivity index (χ1v) is 6.29. The largest absolute Gasteiger partial charge is 0.314 e. The molecule has 1 aliphatic heterocycles. The fourth-order valence-corrected chi connectivity index (χ4v) is 2.86. The second-order valence-corrected chi connectivity index (χ2v) is 4.78. The molecule has 0 radical (unpaired) electrons. The van der Waals surface area contributed by atoms with Gasteiger partial charge >= 0.3 is 0 Å². The molecule has 2 rings (SSSR count). The number of likely N-dealkylation sites (N-methyl/N-ethyl adjacent to an activating group) is 1. The van der Waals surface area contributed by atoms with Crippen molar-refractivity contribution in [3.8, 4) is 12.1 Å². The number of nitriles is 2. The smallest absolute Gasteiger partial charge is 0.237 e. The average molecular weight is 253 g/mol. The van der Waals surface area contributed by atoms with Gasteiger partial charge in [0.15, 0.2) is 0 Å². The van der Waals surface area contributed by atoms with E-state index in [1.807, 2.05) is 24.3 Å². The van der Waals surface area contributed by atoms with Crippen LogP contribution in [0, 0.1) is 22.7 Å². The fourth-order valence-electron chi connectivity index (χ4n) is 2.86. The van der Waals surface area contributed by atoms with Gasteiger partial charge in [0.1, 0.15) is 0 Å². The molecule has 0 unspecified atom stereocenters. The fraction of sp³-hybridized carbons (Fsp3) is 0.400. The lowest BCUT2D eigenvalue weighted by atomic mass is 9.74. The van der Waals surface area contributed by atoms with E-state index in [0.717, 1.165) is 11.3 Å². The second kappa shape index (κ2) is 5.12. The summed E-state index contributed by atoms with van der Waals surface area (Å²) < 4.78 is 0. The Hall–Kier alpha value is -2.33. The molecule has 1 aliphatic rings.